The molecule has 0 spiro atoms. The van der Waals surface area contributed by atoms with Crippen molar-refractivity contribution in [1.29, 1.82) is 0 Å². The van der Waals surface area contributed by atoms with Crippen molar-refractivity contribution in [1.82, 2.24) is 24.7 Å². The van der Waals surface area contributed by atoms with Crippen LogP contribution in [0.2, 0.25) is 0 Å². The van der Waals surface area contributed by atoms with E-state index < -0.39 is 0 Å². The first kappa shape index (κ1) is 25.1. The summed E-state index contributed by atoms with van der Waals surface area (Å²) in [6.45, 7) is 3.67. The Hall–Kier alpha value is -2.61. The van der Waals surface area contributed by atoms with Gasteiger partial charge in [-0.15, -0.1) is 11.6 Å². The summed E-state index contributed by atoms with van der Waals surface area (Å²) in [5.74, 6) is 0.675. The molecule has 2 fully saturated rings. The number of nitrogens with one attached hydrogen (secondary N) is 1. The number of nitrogens with zero attached hydrogens (tertiary/aromatic N) is 4. The summed E-state index contributed by atoms with van der Waals surface area (Å²) in [5, 5.41) is 2.95. The number of likely N-dealkylation sites (tertiary alicyclic amines) is 1. The van der Waals surface area contributed by atoms with Gasteiger partial charge in [-0.25, -0.2) is 9.78 Å². The molecule has 9 heteroatoms. The van der Waals surface area contributed by atoms with Crippen LogP contribution in [-0.2, 0) is 16.1 Å². The topological polar surface area (TPSA) is 87.5 Å². The van der Waals surface area contributed by atoms with Crippen LogP contribution in [0.4, 0.5) is 4.79 Å². The molecule has 4 aliphatic rings. The molecule has 194 valence electrons. The van der Waals surface area contributed by atoms with Gasteiger partial charge in [0, 0.05) is 37.2 Å². The minimum atomic E-state index is -0.293. The number of piperidine rings is 1. The van der Waals surface area contributed by atoms with Gasteiger partial charge in [0.25, 0.3) is 0 Å². The van der Waals surface area contributed by atoms with Gasteiger partial charge in [0.2, 0.25) is 11.8 Å². The highest BCUT2D eigenvalue weighted by Gasteiger charge is 2.39. The molecule has 3 heterocycles. The van der Waals surface area contributed by atoms with E-state index in [9.17, 15) is 14.4 Å². The second kappa shape index (κ2) is 10.8. The second-order valence-electron chi connectivity index (χ2n) is 10.6. The van der Waals surface area contributed by atoms with Crippen molar-refractivity contribution in [3.05, 3.63) is 41.6 Å². The predicted molar refractivity (Wildman–Crippen MR) is 137 cm³/mol. The van der Waals surface area contributed by atoms with Crippen LogP contribution >= 0.6 is 11.6 Å². The maximum Gasteiger partial charge on any atom is 0.330 e. The van der Waals surface area contributed by atoms with Gasteiger partial charge in [0.15, 0.2) is 0 Å². The lowest BCUT2D eigenvalue weighted by molar-refractivity contribution is -0.142. The van der Waals surface area contributed by atoms with Crippen molar-refractivity contribution in [2.24, 2.45) is 11.8 Å². The first-order valence-electron chi connectivity index (χ1n) is 13.4. The van der Waals surface area contributed by atoms with Gasteiger partial charge < -0.3 is 15.1 Å². The van der Waals surface area contributed by atoms with Gasteiger partial charge in [-0.1, -0.05) is 31.4 Å². The van der Waals surface area contributed by atoms with E-state index in [2.05, 4.69) is 10.3 Å². The molecule has 0 bridgehead atoms. The normalized spacial score (nSPS) is 24.0. The molecule has 1 aromatic rings. The number of halogens is 1. The Labute approximate surface area is 217 Å². The zero-order valence-electron chi connectivity index (χ0n) is 21.0. The maximum atomic E-state index is 13.7. The molecule has 3 amide bonds. The minimum Gasteiger partial charge on any atom is -0.342 e. The van der Waals surface area contributed by atoms with Crippen LogP contribution in [0.15, 0.2) is 30.1 Å². The van der Waals surface area contributed by atoms with Crippen molar-refractivity contribution in [2.75, 3.05) is 13.1 Å². The third-order valence-corrected chi connectivity index (χ3v) is 8.59. The summed E-state index contributed by atoms with van der Waals surface area (Å²) in [4.78, 5) is 47.7. The van der Waals surface area contributed by atoms with Crippen molar-refractivity contribution in [3.63, 3.8) is 0 Å². The number of aromatic nitrogens is 2. The number of hydrogen-bond donors (Lipinski definition) is 1. The first-order valence-corrected chi connectivity index (χ1v) is 13.8. The largest absolute Gasteiger partial charge is 0.342 e. The molecular formula is C27H36ClN5O3. The summed E-state index contributed by atoms with van der Waals surface area (Å²) in [6.07, 6.45) is 15.3. The first-order chi connectivity index (χ1) is 17.4. The van der Waals surface area contributed by atoms with Crippen LogP contribution in [0, 0.1) is 18.8 Å². The summed E-state index contributed by atoms with van der Waals surface area (Å²) in [6, 6.07) is 0.112. The van der Waals surface area contributed by atoms with E-state index in [-0.39, 0.29) is 47.5 Å². The Morgan fingerprint density at radius 2 is 1.92 bits per heavy atom. The van der Waals surface area contributed by atoms with E-state index >= 15 is 0 Å². The number of fused-ring (bicyclic) bond motifs is 1. The molecule has 2 aliphatic heterocycles. The molecule has 1 saturated heterocycles. The van der Waals surface area contributed by atoms with Crippen LogP contribution < -0.4 is 5.32 Å². The van der Waals surface area contributed by atoms with Gasteiger partial charge in [-0.05, 0) is 51.0 Å². The van der Waals surface area contributed by atoms with Crippen molar-refractivity contribution in [2.45, 2.75) is 82.7 Å². The maximum absolute atomic E-state index is 13.7. The molecule has 1 unspecified atom stereocenters. The number of amides is 3. The van der Waals surface area contributed by atoms with Crippen LogP contribution in [0.25, 0.3) is 0 Å². The Balaban J connectivity index is 1.20. The zero-order chi connectivity index (χ0) is 25.2. The summed E-state index contributed by atoms with van der Waals surface area (Å²) in [7, 11) is 0. The van der Waals surface area contributed by atoms with Crippen LogP contribution in [0.3, 0.4) is 0 Å². The predicted octanol–water partition coefficient (Wildman–Crippen LogP) is 4.12. The highest BCUT2D eigenvalue weighted by molar-refractivity contribution is 6.22. The summed E-state index contributed by atoms with van der Waals surface area (Å²) >= 11 is 6.10. The third kappa shape index (κ3) is 5.24. The smallest absolute Gasteiger partial charge is 0.330 e. The van der Waals surface area contributed by atoms with Crippen LogP contribution in [0.5, 0.6) is 0 Å². The summed E-state index contributed by atoms with van der Waals surface area (Å²) in [5.41, 5.74) is 1.70. The highest BCUT2D eigenvalue weighted by atomic mass is 35.5. The SMILES string of the molecule is Cc1ncc2n1C(=O)N(C1CCN(C(=O)[C@H](CC(=O)NC3=CCC(Cl)C=C3)C3CCCCC3)CC1)C2. The number of rotatable bonds is 6. The molecule has 1 N–H and O–H groups in total. The molecule has 5 rings (SSSR count). The lowest BCUT2D eigenvalue weighted by Gasteiger charge is -2.39. The van der Waals surface area contributed by atoms with E-state index in [0.717, 1.165) is 55.7 Å². The van der Waals surface area contributed by atoms with Crippen LogP contribution in [0.1, 0.15) is 69.3 Å². The molecule has 8 nitrogen and oxygen atoms in total. The monoisotopic (exact) mass is 513 g/mol. The molecule has 36 heavy (non-hydrogen) atoms. The van der Waals surface area contributed by atoms with Crippen molar-refractivity contribution < 1.29 is 14.4 Å². The third-order valence-electron chi connectivity index (χ3n) is 8.27. The van der Waals surface area contributed by atoms with Crippen LogP contribution in [-0.4, -0.2) is 61.7 Å². The van der Waals surface area contributed by atoms with E-state index in [1.807, 2.05) is 35.0 Å². The Bertz CT molecular complexity index is 1070. The average Bonchev–Trinajstić information content (AvgIpc) is 3.43. The Morgan fingerprint density at radius 3 is 2.58 bits per heavy atom. The lowest BCUT2D eigenvalue weighted by Crippen LogP contribution is -2.50. The van der Waals surface area contributed by atoms with Gasteiger partial charge >= 0.3 is 6.03 Å². The van der Waals surface area contributed by atoms with Gasteiger partial charge in [0.1, 0.15) is 5.82 Å². The molecule has 1 aromatic heterocycles. The number of alkyl halides is 1. The number of aryl methyl sites for hydroxylation is 1. The molecular weight excluding hydrogens is 478 g/mol. The lowest BCUT2D eigenvalue weighted by atomic mass is 9.77. The quantitative estimate of drug-likeness (QED) is 0.579. The Morgan fingerprint density at radius 1 is 1.17 bits per heavy atom. The van der Waals surface area contributed by atoms with E-state index in [1.165, 1.54) is 6.42 Å². The minimum absolute atomic E-state index is 0.00640. The van der Waals surface area contributed by atoms with E-state index in [1.54, 1.807) is 10.8 Å². The molecule has 0 radical (unpaired) electrons. The average molecular weight is 514 g/mol. The molecule has 2 atom stereocenters. The van der Waals surface area contributed by atoms with E-state index in [4.69, 9.17) is 11.6 Å². The molecule has 1 saturated carbocycles. The Kier molecular flexibility index (Phi) is 7.51. The molecule has 0 aromatic carbocycles. The van der Waals surface area contributed by atoms with Crippen molar-refractivity contribution >= 4 is 29.4 Å². The zero-order valence-corrected chi connectivity index (χ0v) is 21.8. The van der Waals surface area contributed by atoms with Gasteiger partial charge in [-0.2, -0.15) is 0 Å². The van der Waals surface area contributed by atoms with Gasteiger partial charge in [-0.3, -0.25) is 14.2 Å². The number of carbonyl (C=O) groups is 3. The number of allylic oxidation sites excluding steroid dienone is 3. The second-order valence-corrected chi connectivity index (χ2v) is 11.2. The number of imidazole rings is 1. The number of hydrogen-bond acceptors (Lipinski definition) is 4. The van der Waals surface area contributed by atoms with E-state index in [0.29, 0.717) is 26.1 Å². The number of carbonyl (C=O) groups excluding carboxylic acids is 3. The standard InChI is InChI=1S/C27H36ClN5O3/c1-18-29-16-23-17-32(27(36)33(18)23)22-11-13-31(14-12-22)26(35)24(19-5-3-2-4-6-19)15-25(34)30-21-9-7-20(28)8-10-21/h7,9-10,16,19-20,22,24H,2-6,8,11-15,17H2,1H3,(H,30,34)/t20?,24-/m1/s1. The fourth-order valence-electron chi connectivity index (χ4n) is 6.24. The summed E-state index contributed by atoms with van der Waals surface area (Å²) < 4.78 is 1.69. The van der Waals surface area contributed by atoms with Gasteiger partial charge in [0.05, 0.1) is 23.8 Å². The fourth-order valence-corrected chi connectivity index (χ4v) is 6.41. The fraction of sp³-hybridized carbons (Fsp3) is 0.630. The van der Waals surface area contributed by atoms with Crippen molar-refractivity contribution in [3.8, 4) is 0 Å². The molecule has 2 aliphatic carbocycles. The highest BCUT2D eigenvalue weighted by Crippen LogP contribution is 2.34.